The van der Waals surface area contributed by atoms with E-state index in [4.69, 9.17) is 10.6 Å². The summed E-state index contributed by atoms with van der Waals surface area (Å²) in [6, 6.07) is 9.82. The molecule has 0 aliphatic heterocycles. The maximum Gasteiger partial charge on any atom is 0.179 e. The number of oxime groups is 1. The van der Waals surface area contributed by atoms with Crippen LogP contribution in [0.3, 0.4) is 0 Å². The molecule has 0 radical (unpaired) electrons. The molecule has 0 aromatic heterocycles. The molecule has 2 rings (SSSR count). The van der Waals surface area contributed by atoms with Crippen LogP contribution in [0.5, 0.6) is 0 Å². The standard InChI is InChI=1S/C11H14N2O/c12-11(10-6-7-10)14-13-8-9-4-2-1-3-5-9/h1-5,8,10-11H,6-7,12H2/b13-8+. The molecule has 14 heavy (non-hydrogen) atoms. The molecule has 1 unspecified atom stereocenters. The maximum absolute atomic E-state index is 5.71. The van der Waals surface area contributed by atoms with Gasteiger partial charge in [-0.05, 0) is 18.4 Å². The topological polar surface area (TPSA) is 47.6 Å². The van der Waals surface area contributed by atoms with Crippen LogP contribution in [0.4, 0.5) is 0 Å². The number of hydrogen-bond acceptors (Lipinski definition) is 3. The molecule has 0 amide bonds. The van der Waals surface area contributed by atoms with Gasteiger partial charge in [-0.3, -0.25) is 5.73 Å². The van der Waals surface area contributed by atoms with Crippen LogP contribution in [-0.2, 0) is 4.84 Å². The lowest BCUT2D eigenvalue weighted by atomic mass is 10.2. The molecule has 0 spiro atoms. The number of nitrogens with two attached hydrogens (primary N) is 1. The van der Waals surface area contributed by atoms with E-state index in [1.807, 2.05) is 30.3 Å². The van der Waals surface area contributed by atoms with Crippen molar-refractivity contribution in [2.75, 3.05) is 0 Å². The van der Waals surface area contributed by atoms with Gasteiger partial charge in [0.2, 0.25) is 0 Å². The summed E-state index contributed by atoms with van der Waals surface area (Å²) in [4.78, 5) is 5.12. The number of nitrogens with zero attached hydrogens (tertiary/aromatic N) is 1. The zero-order chi connectivity index (χ0) is 9.80. The van der Waals surface area contributed by atoms with Gasteiger partial charge in [0.25, 0.3) is 0 Å². The zero-order valence-corrected chi connectivity index (χ0v) is 7.97. The van der Waals surface area contributed by atoms with Gasteiger partial charge in [-0.2, -0.15) is 0 Å². The first-order valence-electron chi connectivity index (χ1n) is 4.86. The molecule has 0 saturated heterocycles. The van der Waals surface area contributed by atoms with E-state index in [1.54, 1.807) is 6.21 Å². The Hall–Kier alpha value is -1.35. The molecule has 0 bridgehead atoms. The molecule has 3 nitrogen and oxygen atoms in total. The van der Waals surface area contributed by atoms with Crippen molar-refractivity contribution in [3.05, 3.63) is 35.9 Å². The number of benzene rings is 1. The van der Waals surface area contributed by atoms with Crippen LogP contribution in [0, 0.1) is 5.92 Å². The van der Waals surface area contributed by atoms with Gasteiger partial charge < -0.3 is 4.84 Å². The van der Waals surface area contributed by atoms with E-state index in [0.29, 0.717) is 5.92 Å². The second-order valence-corrected chi connectivity index (χ2v) is 3.55. The highest BCUT2D eigenvalue weighted by atomic mass is 16.6. The van der Waals surface area contributed by atoms with Gasteiger partial charge in [0, 0.05) is 5.92 Å². The molecule has 2 N–H and O–H groups in total. The third-order valence-electron chi connectivity index (χ3n) is 2.27. The smallest absolute Gasteiger partial charge is 0.179 e. The quantitative estimate of drug-likeness (QED) is 0.446. The molecule has 1 atom stereocenters. The van der Waals surface area contributed by atoms with Crippen LogP contribution in [0.2, 0.25) is 0 Å². The van der Waals surface area contributed by atoms with Crippen LogP contribution >= 0.6 is 0 Å². The van der Waals surface area contributed by atoms with Crippen molar-refractivity contribution < 1.29 is 4.84 Å². The Labute approximate surface area is 83.6 Å². The molecule has 74 valence electrons. The summed E-state index contributed by atoms with van der Waals surface area (Å²) in [5.74, 6) is 0.517. The Kier molecular flexibility index (Phi) is 2.79. The summed E-state index contributed by atoms with van der Waals surface area (Å²) in [6.45, 7) is 0. The fourth-order valence-corrected chi connectivity index (χ4v) is 1.21. The fraction of sp³-hybridized carbons (Fsp3) is 0.364. The monoisotopic (exact) mass is 190 g/mol. The third-order valence-corrected chi connectivity index (χ3v) is 2.27. The second kappa shape index (κ2) is 4.24. The molecule has 1 saturated carbocycles. The average molecular weight is 190 g/mol. The molecule has 3 heteroatoms. The van der Waals surface area contributed by atoms with E-state index in [2.05, 4.69) is 5.16 Å². The van der Waals surface area contributed by atoms with E-state index < -0.39 is 0 Å². The average Bonchev–Trinajstić information content (AvgIpc) is 3.02. The summed E-state index contributed by atoms with van der Waals surface area (Å²) in [5, 5.41) is 3.85. The predicted octanol–water partition coefficient (Wildman–Crippen LogP) is 1.73. The summed E-state index contributed by atoms with van der Waals surface area (Å²) >= 11 is 0. The van der Waals surface area contributed by atoms with Gasteiger partial charge in [0.1, 0.15) is 0 Å². The van der Waals surface area contributed by atoms with Crippen molar-refractivity contribution in [3.63, 3.8) is 0 Å². The molecule has 1 fully saturated rings. The minimum atomic E-state index is -0.227. The normalized spacial score (nSPS) is 18.4. The largest absolute Gasteiger partial charge is 0.377 e. The van der Waals surface area contributed by atoms with Crippen LogP contribution < -0.4 is 5.73 Å². The first-order chi connectivity index (χ1) is 6.86. The first kappa shape index (κ1) is 9.21. The Morgan fingerprint density at radius 1 is 1.36 bits per heavy atom. The number of rotatable bonds is 4. The van der Waals surface area contributed by atoms with Gasteiger partial charge >= 0.3 is 0 Å². The summed E-state index contributed by atoms with van der Waals surface area (Å²) in [5.41, 5.74) is 6.73. The molecular weight excluding hydrogens is 176 g/mol. The Balaban J connectivity index is 1.82. The van der Waals surface area contributed by atoms with Crippen molar-refractivity contribution in [1.82, 2.24) is 0 Å². The molecular formula is C11H14N2O. The molecule has 1 aliphatic rings. The Morgan fingerprint density at radius 2 is 2.07 bits per heavy atom. The summed E-state index contributed by atoms with van der Waals surface area (Å²) < 4.78 is 0. The summed E-state index contributed by atoms with van der Waals surface area (Å²) in [7, 11) is 0. The molecule has 0 heterocycles. The zero-order valence-electron chi connectivity index (χ0n) is 7.97. The Bertz CT molecular complexity index is 306. The van der Waals surface area contributed by atoms with Crippen LogP contribution in [0.1, 0.15) is 18.4 Å². The van der Waals surface area contributed by atoms with Crippen LogP contribution in [-0.4, -0.2) is 12.4 Å². The van der Waals surface area contributed by atoms with E-state index in [0.717, 1.165) is 5.56 Å². The highest BCUT2D eigenvalue weighted by Crippen LogP contribution is 2.31. The van der Waals surface area contributed by atoms with Gasteiger partial charge in [-0.25, -0.2) is 0 Å². The van der Waals surface area contributed by atoms with Crippen molar-refractivity contribution in [1.29, 1.82) is 0 Å². The van der Waals surface area contributed by atoms with Crippen molar-refractivity contribution in [2.45, 2.75) is 19.1 Å². The minimum Gasteiger partial charge on any atom is -0.377 e. The van der Waals surface area contributed by atoms with Gasteiger partial charge in [0.05, 0.1) is 6.21 Å². The minimum absolute atomic E-state index is 0.227. The first-order valence-corrected chi connectivity index (χ1v) is 4.86. The lowest BCUT2D eigenvalue weighted by Gasteiger charge is -2.06. The lowest BCUT2D eigenvalue weighted by molar-refractivity contribution is 0.0492. The highest BCUT2D eigenvalue weighted by Gasteiger charge is 2.30. The molecule has 1 aliphatic carbocycles. The van der Waals surface area contributed by atoms with Gasteiger partial charge in [-0.1, -0.05) is 35.5 Å². The fourth-order valence-electron chi connectivity index (χ4n) is 1.21. The van der Waals surface area contributed by atoms with Gasteiger partial charge in [-0.15, -0.1) is 0 Å². The van der Waals surface area contributed by atoms with Crippen LogP contribution in [0.25, 0.3) is 0 Å². The lowest BCUT2D eigenvalue weighted by Crippen LogP contribution is -2.23. The molecule has 1 aromatic rings. The highest BCUT2D eigenvalue weighted by molar-refractivity contribution is 5.78. The second-order valence-electron chi connectivity index (χ2n) is 3.55. The summed E-state index contributed by atoms with van der Waals surface area (Å²) in [6.07, 6.45) is 3.79. The Morgan fingerprint density at radius 3 is 2.71 bits per heavy atom. The van der Waals surface area contributed by atoms with E-state index in [-0.39, 0.29) is 6.23 Å². The predicted molar refractivity (Wildman–Crippen MR) is 55.8 cm³/mol. The van der Waals surface area contributed by atoms with Gasteiger partial charge in [0.15, 0.2) is 6.23 Å². The van der Waals surface area contributed by atoms with Crippen molar-refractivity contribution in [3.8, 4) is 0 Å². The van der Waals surface area contributed by atoms with Crippen molar-refractivity contribution >= 4 is 6.21 Å². The van der Waals surface area contributed by atoms with E-state index >= 15 is 0 Å². The van der Waals surface area contributed by atoms with Crippen molar-refractivity contribution in [2.24, 2.45) is 16.8 Å². The SMILES string of the molecule is NC(O/N=C/c1ccccc1)C1CC1. The third kappa shape index (κ3) is 2.57. The van der Waals surface area contributed by atoms with Crippen LogP contribution in [0.15, 0.2) is 35.5 Å². The molecule has 1 aromatic carbocycles. The maximum atomic E-state index is 5.71. The van der Waals surface area contributed by atoms with E-state index in [1.165, 1.54) is 12.8 Å². The number of hydrogen-bond donors (Lipinski definition) is 1. The van der Waals surface area contributed by atoms with E-state index in [9.17, 15) is 0 Å².